The van der Waals surface area contributed by atoms with Gasteiger partial charge in [0.2, 0.25) is 11.8 Å². The molecule has 0 aliphatic heterocycles. The summed E-state index contributed by atoms with van der Waals surface area (Å²) >= 11 is 1.62. The second kappa shape index (κ2) is 13.3. The van der Waals surface area contributed by atoms with Crippen LogP contribution < -0.4 is 9.47 Å². The Balaban J connectivity index is 2.16. The monoisotopic (exact) mass is 490 g/mol. The Hall–Kier alpha value is -2.58. The van der Waals surface area contributed by atoms with E-state index in [1.807, 2.05) is 61.4 Å². The largest absolute Gasteiger partial charge is 0.493 e. The molecular weight excluding hydrogens is 452 g/mol. The predicted octanol–water partition coefficient (Wildman–Crippen LogP) is 4.25. The number of hydrogen-bond donors (Lipinski definition) is 0. The number of carbonyl (C=O) groups is 2. The fourth-order valence-corrected chi connectivity index (χ4v) is 4.22. The average molecular weight is 491 g/mol. The molecule has 8 heteroatoms. The Morgan fingerprint density at radius 2 is 1.68 bits per heavy atom. The van der Waals surface area contributed by atoms with Crippen LogP contribution in [0.2, 0.25) is 0 Å². The number of rotatable bonds is 13. The quantitative estimate of drug-likeness (QED) is 0.420. The summed E-state index contributed by atoms with van der Waals surface area (Å²) in [6, 6.07) is 9.79. The van der Waals surface area contributed by atoms with Gasteiger partial charge in [-0.05, 0) is 41.0 Å². The van der Waals surface area contributed by atoms with Crippen molar-refractivity contribution in [1.82, 2.24) is 9.80 Å². The molecule has 2 amide bonds. The van der Waals surface area contributed by atoms with Gasteiger partial charge in [-0.3, -0.25) is 9.59 Å². The molecule has 0 saturated heterocycles. The molecule has 1 aromatic carbocycles. The van der Waals surface area contributed by atoms with Gasteiger partial charge in [0, 0.05) is 31.5 Å². The molecule has 1 heterocycles. The second-order valence-electron chi connectivity index (χ2n) is 9.38. The predicted molar refractivity (Wildman–Crippen MR) is 136 cm³/mol. The highest BCUT2D eigenvalue weighted by molar-refractivity contribution is 7.09. The van der Waals surface area contributed by atoms with Crippen LogP contribution in [0.25, 0.3) is 0 Å². The van der Waals surface area contributed by atoms with E-state index < -0.39 is 0 Å². The molecule has 188 valence electrons. The van der Waals surface area contributed by atoms with E-state index in [-0.39, 0.29) is 23.8 Å². The molecule has 0 fully saturated rings. The van der Waals surface area contributed by atoms with Crippen molar-refractivity contribution in [3.05, 3.63) is 46.2 Å². The third-order valence-electron chi connectivity index (χ3n) is 5.32. The van der Waals surface area contributed by atoms with Gasteiger partial charge in [-0.1, -0.05) is 32.9 Å². The third-order valence-corrected chi connectivity index (χ3v) is 6.18. The van der Waals surface area contributed by atoms with Gasteiger partial charge < -0.3 is 24.0 Å². The Labute approximate surface area is 207 Å². The number of methoxy groups -OCH3 is 3. The van der Waals surface area contributed by atoms with Crippen molar-refractivity contribution in [2.75, 3.05) is 47.6 Å². The lowest BCUT2D eigenvalue weighted by Crippen LogP contribution is -2.45. The Kier molecular flexibility index (Phi) is 10.9. The maximum atomic E-state index is 13.4. The molecule has 0 spiro atoms. The van der Waals surface area contributed by atoms with Crippen molar-refractivity contribution in [2.24, 2.45) is 5.41 Å². The Morgan fingerprint density at radius 1 is 0.941 bits per heavy atom. The summed E-state index contributed by atoms with van der Waals surface area (Å²) in [6.45, 7) is 7.91. The van der Waals surface area contributed by atoms with Crippen LogP contribution in [0.4, 0.5) is 0 Å². The van der Waals surface area contributed by atoms with Crippen LogP contribution in [0.5, 0.6) is 11.5 Å². The van der Waals surface area contributed by atoms with Gasteiger partial charge in [-0.15, -0.1) is 11.3 Å². The molecule has 0 atom stereocenters. The lowest BCUT2D eigenvalue weighted by molar-refractivity contribution is -0.142. The van der Waals surface area contributed by atoms with E-state index in [9.17, 15) is 9.59 Å². The fraction of sp³-hybridized carbons (Fsp3) is 0.538. The summed E-state index contributed by atoms with van der Waals surface area (Å²) in [6.07, 6.45) is 1.03. The van der Waals surface area contributed by atoms with Crippen LogP contribution in [-0.2, 0) is 27.3 Å². The van der Waals surface area contributed by atoms with Crippen LogP contribution in [-0.4, -0.2) is 69.2 Å². The van der Waals surface area contributed by atoms with Gasteiger partial charge in [0.15, 0.2) is 11.5 Å². The number of carbonyl (C=O) groups excluding carboxylic acids is 2. The zero-order valence-electron chi connectivity index (χ0n) is 21.3. The van der Waals surface area contributed by atoms with E-state index in [2.05, 4.69) is 0 Å². The molecule has 0 radical (unpaired) electrons. The van der Waals surface area contributed by atoms with Crippen LogP contribution in [0.1, 0.15) is 37.6 Å². The van der Waals surface area contributed by atoms with Gasteiger partial charge in [0.25, 0.3) is 0 Å². The maximum Gasteiger partial charge on any atom is 0.242 e. The molecule has 0 bridgehead atoms. The Bertz CT molecular complexity index is 908. The molecule has 0 aliphatic rings. The minimum atomic E-state index is -0.157. The molecule has 7 nitrogen and oxygen atoms in total. The summed E-state index contributed by atoms with van der Waals surface area (Å²) in [7, 11) is 4.81. The van der Waals surface area contributed by atoms with Crippen LogP contribution in [0, 0.1) is 5.41 Å². The van der Waals surface area contributed by atoms with E-state index in [1.54, 1.807) is 37.6 Å². The summed E-state index contributed by atoms with van der Waals surface area (Å²) in [4.78, 5) is 30.9. The first-order valence-electron chi connectivity index (χ1n) is 11.4. The van der Waals surface area contributed by atoms with E-state index in [0.29, 0.717) is 50.6 Å². The molecular formula is C26H38N2O5S. The topological polar surface area (TPSA) is 68.3 Å². The molecule has 0 N–H and O–H groups in total. The van der Waals surface area contributed by atoms with Crippen molar-refractivity contribution in [2.45, 2.75) is 40.2 Å². The van der Waals surface area contributed by atoms with Crippen molar-refractivity contribution in [1.29, 1.82) is 0 Å². The Morgan fingerprint density at radius 3 is 2.26 bits per heavy atom. The maximum absolute atomic E-state index is 13.4. The molecule has 0 aliphatic carbocycles. The van der Waals surface area contributed by atoms with Gasteiger partial charge in [-0.25, -0.2) is 0 Å². The highest BCUT2D eigenvalue weighted by Crippen LogP contribution is 2.28. The van der Waals surface area contributed by atoms with Crippen molar-refractivity contribution in [3.63, 3.8) is 0 Å². The molecule has 2 aromatic rings. The molecule has 1 aromatic heterocycles. The standard InChI is InChI=1S/C26H38N2O5S/c1-26(2,3)17-24(29)28(13-14-31-4)19-25(30)27(18-21-8-7-15-34-21)12-11-20-9-10-22(32-5)23(16-20)33-6/h7-10,15-16H,11-14,17-19H2,1-6H3. The highest BCUT2D eigenvalue weighted by atomic mass is 32.1. The van der Waals surface area contributed by atoms with E-state index in [0.717, 1.165) is 10.4 Å². The second-order valence-corrected chi connectivity index (χ2v) is 10.4. The summed E-state index contributed by atoms with van der Waals surface area (Å²) in [5, 5.41) is 2.00. The minimum Gasteiger partial charge on any atom is -0.493 e. The summed E-state index contributed by atoms with van der Waals surface area (Å²) in [5.74, 6) is 1.22. The van der Waals surface area contributed by atoms with Crippen molar-refractivity contribution in [3.8, 4) is 11.5 Å². The molecule has 34 heavy (non-hydrogen) atoms. The first kappa shape index (κ1) is 27.7. The number of amides is 2. The number of benzene rings is 1. The number of ether oxygens (including phenoxy) is 3. The number of hydrogen-bond acceptors (Lipinski definition) is 6. The smallest absolute Gasteiger partial charge is 0.242 e. The molecule has 2 rings (SSSR count). The summed E-state index contributed by atoms with van der Waals surface area (Å²) in [5.41, 5.74) is 0.886. The van der Waals surface area contributed by atoms with Crippen LogP contribution >= 0.6 is 11.3 Å². The lowest BCUT2D eigenvalue weighted by Gasteiger charge is -2.29. The van der Waals surface area contributed by atoms with Crippen molar-refractivity contribution >= 4 is 23.2 Å². The van der Waals surface area contributed by atoms with Gasteiger partial charge in [-0.2, -0.15) is 0 Å². The minimum absolute atomic E-state index is 0.0335. The molecule has 0 unspecified atom stereocenters. The van der Waals surface area contributed by atoms with E-state index >= 15 is 0 Å². The first-order chi connectivity index (χ1) is 16.2. The van der Waals surface area contributed by atoms with Gasteiger partial charge in [0.05, 0.1) is 33.9 Å². The number of nitrogens with zero attached hydrogens (tertiary/aromatic N) is 2. The highest BCUT2D eigenvalue weighted by Gasteiger charge is 2.25. The third kappa shape index (κ3) is 8.99. The van der Waals surface area contributed by atoms with Crippen molar-refractivity contribution < 1.29 is 23.8 Å². The fourth-order valence-electron chi connectivity index (χ4n) is 3.50. The SMILES string of the molecule is COCCN(CC(=O)N(CCc1ccc(OC)c(OC)c1)Cc1cccs1)C(=O)CC(C)(C)C. The summed E-state index contributed by atoms with van der Waals surface area (Å²) < 4.78 is 15.9. The first-order valence-corrected chi connectivity index (χ1v) is 12.3. The van der Waals surface area contributed by atoms with E-state index in [4.69, 9.17) is 14.2 Å². The zero-order valence-corrected chi connectivity index (χ0v) is 22.1. The normalized spacial score (nSPS) is 11.2. The van der Waals surface area contributed by atoms with Gasteiger partial charge in [0.1, 0.15) is 0 Å². The molecule has 0 saturated carbocycles. The lowest BCUT2D eigenvalue weighted by atomic mass is 9.91. The zero-order chi connectivity index (χ0) is 25.1. The van der Waals surface area contributed by atoms with Crippen LogP contribution in [0.15, 0.2) is 35.7 Å². The van der Waals surface area contributed by atoms with Gasteiger partial charge >= 0.3 is 0 Å². The van der Waals surface area contributed by atoms with Crippen LogP contribution in [0.3, 0.4) is 0 Å². The average Bonchev–Trinajstić information content (AvgIpc) is 3.30. The number of thiophene rings is 1. The van der Waals surface area contributed by atoms with E-state index in [1.165, 1.54) is 0 Å².